The standard InChI is InChI=1S/C11H15N3/c1-3-9(2)7-14-8-13-10-5-4-6-12-11(10)14/h4-6,8-9H,3,7H2,1-2H3. The summed E-state index contributed by atoms with van der Waals surface area (Å²) in [7, 11) is 0. The molecule has 2 aromatic heterocycles. The fourth-order valence-corrected chi connectivity index (χ4v) is 1.50. The van der Waals surface area contributed by atoms with Crippen LogP contribution in [0.3, 0.4) is 0 Å². The number of fused-ring (bicyclic) bond motifs is 1. The molecule has 1 atom stereocenters. The van der Waals surface area contributed by atoms with Gasteiger partial charge in [0, 0.05) is 12.7 Å². The predicted octanol–water partition coefficient (Wildman–Crippen LogP) is 2.48. The average Bonchev–Trinajstić information content (AvgIpc) is 2.62. The Bertz CT molecular complexity index is 419. The SMILES string of the molecule is CCC(C)Cn1cnc2cccnc21. The van der Waals surface area contributed by atoms with Crippen LogP contribution in [0, 0.1) is 5.92 Å². The van der Waals surface area contributed by atoms with E-state index >= 15 is 0 Å². The molecule has 1 unspecified atom stereocenters. The van der Waals surface area contributed by atoms with Crippen molar-refractivity contribution in [3.8, 4) is 0 Å². The monoisotopic (exact) mass is 189 g/mol. The van der Waals surface area contributed by atoms with Crippen LogP contribution in [0.1, 0.15) is 20.3 Å². The summed E-state index contributed by atoms with van der Waals surface area (Å²) >= 11 is 0. The van der Waals surface area contributed by atoms with E-state index in [-0.39, 0.29) is 0 Å². The highest BCUT2D eigenvalue weighted by Gasteiger charge is 2.05. The Kier molecular flexibility index (Phi) is 2.48. The van der Waals surface area contributed by atoms with E-state index in [1.54, 1.807) is 0 Å². The molecule has 0 aromatic carbocycles. The van der Waals surface area contributed by atoms with Crippen LogP contribution in [0.5, 0.6) is 0 Å². The molecule has 2 rings (SSSR count). The van der Waals surface area contributed by atoms with Gasteiger partial charge in [-0.3, -0.25) is 0 Å². The number of rotatable bonds is 3. The van der Waals surface area contributed by atoms with Gasteiger partial charge in [-0.15, -0.1) is 0 Å². The minimum Gasteiger partial charge on any atom is -0.315 e. The average molecular weight is 189 g/mol. The quantitative estimate of drug-likeness (QED) is 0.742. The second kappa shape index (κ2) is 3.78. The van der Waals surface area contributed by atoms with Crippen LogP contribution in [0.25, 0.3) is 11.2 Å². The van der Waals surface area contributed by atoms with E-state index in [1.807, 2.05) is 24.7 Å². The fourth-order valence-electron chi connectivity index (χ4n) is 1.50. The van der Waals surface area contributed by atoms with Gasteiger partial charge in [0.2, 0.25) is 0 Å². The molecule has 0 spiro atoms. The molecule has 0 bridgehead atoms. The van der Waals surface area contributed by atoms with E-state index in [0.29, 0.717) is 5.92 Å². The van der Waals surface area contributed by atoms with Crippen molar-refractivity contribution in [2.75, 3.05) is 0 Å². The predicted molar refractivity (Wildman–Crippen MR) is 57.0 cm³/mol. The van der Waals surface area contributed by atoms with E-state index in [9.17, 15) is 0 Å². The van der Waals surface area contributed by atoms with E-state index < -0.39 is 0 Å². The van der Waals surface area contributed by atoms with Crippen LogP contribution in [0.15, 0.2) is 24.7 Å². The zero-order valence-electron chi connectivity index (χ0n) is 8.64. The number of hydrogen-bond donors (Lipinski definition) is 0. The van der Waals surface area contributed by atoms with Crippen LogP contribution >= 0.6 is 0 Å². The van der Waals surface area contributed by atoms with Gasteiger partial charge in [0.15, 0.2) is 5.65 Å². The number of pyridine rings is 1. The molecule has 2 aromatic rings. The minimum absolute atomic E-state index is 0.675. The molecule has 0 radical (unpaired) electrons. The van der Waals surface area contributed by atoms with Crippen molar-refractivity contribution in [3.05, 3.63) is 24.7 Å². The first-order chi connectivity index (χ1) is 6.81. The van der Waals surface area contributed by atoms with Gasteiger partial charge in [0.25, 0.3) is 0 Å². The Balaban J connectivity index is 2.33. The maximum absolute atomic E-state index is 4.33. The van der Waals surface area contributed by atoms with Crippen LogP contribution in [-0.2, 0) is 6.54 Å². The topological polar surface area (TPSA) is 30.7 Å². The summed E-state index contributed by atoms with van der Waals surface area (Å²) < 4.78 is 2.13. The third-order valence-corrected chi connectivity index (χ3v) is 2.58. The third kappa shape index (κ3) is 1.62. The van der Waals surface area contributed by atoms with Gasteiger partial charge in [-0.25, -0.2) is 9.97 Å². The fraction of sp³-hybridized carbons (Fsp3) is 0.455. The Morgan fingerprint density at radius 1 is 1.43 bits per heavy atom. The largest absolute Gasteiger partial charge is 0.315 e. The summed E-state index contributed by atoms with van der Waals surface area (Å²) in [5, 5.41) is 0. The van der Waals surface area contributed by atoms with Crippen molar-refractivity contribution in [2.45, 2.75) is 26.8 Å². The Morgan fingerprint density at radius 3 is 3.07 bits per heavy atom. The summed E-state index contributed by atoms with van der Waals surface area (Å²) in [6, 6.07) is 3.92. The molecule has 0 saturated carbocycles. The van der Waals surface area contributed by atoms with E-state index in [4.69, 9.17) is 0 Å². The molecule has 3 nitrogen and oxygen atoms in total. The van der Waals surface area contributed by atoms with Crippen molar-refractivity contribution < 1.29 is 0 Å². The van der Waals surface area contributed by atoms with Gasteiger partial charge in [0.05, 0.1) is 6.33 Å². The zero-order valence-corrected chi connectivity index (χ0v) is 8.64. The molecule has 0 aliphatic rings. The number of aromatic nitrogens is 3. The smallest absolute Gasteiger partial charge is 0.159 e. The second-order valence-electron chi connectivity index (χ2n) is 3.76. The van der Waals surface area contributed by atoms with E-state index in [2.05, 4.69) is 28.4 Å². The Labute approximate surface area is 83.8 Å². The first-order valence-electron chi connectivity index (χ1n) is 5.07. The summed E-state index contributed by atoms with van der Waals surface area (Å²) in [5.41, 5.74) is 1.98. The first kappa shape index (κ1) is 9.19. The second-order valence-corrected chi connectivity index (χ2v) is 3.76. The van der Waals surface area contributed by atoms with Gasteiger partial charge in [-0.2, -0.15) is 0 Å². The normalized spacial score (nSPS) is 13.3. The van der Waals surface area contributed by atoms with Crippen molar-refractivity contribution in [2.24, 2.45) is 5.92 Å². The maximum Gasteiger partial charge on any atom is 0.159 e. The molecule has 0 amide bonds. The molecule has 0 aliphatic carbocycles. The van der Waals surface area contributed by atoms with Gasteiger partial charge in [0.1, 0.15) is 5.52 Å². The lowest BCUT2D eigenvalue weighted by Crippen LogP contribution is -2.05. The van der Waals surface area contributed by atoms with Gasteiger partial charge < -0.3 is 4.57 Å². The highest BCUT2D eigenvalue weighted by molar-refractivity contribution is 5.69. The number of imidazole rings is 1. The molecular weight excluding hydrogens is 174 g/mol. The van der Waals surface area contributed by atoms with Crippen LogP contribution in [0.2, 0.25) is 0 Å². The summed E-state index contributed by atoms with van der Waals surface area (Å²) in [5.74, 6) is 0.675. The molecule has 0 fully saturated rings. The lowest BCUT2D eigenvalue weighted by atomic mass is 10.1. The van der Waals surface area contributed by atoms with Crippen molar-refractivity contribution >= 4 is 11.2 Å². The molecule has 0 N–H and O–H groups in total. The Hall–Kier alpha value is -1.38. The van der Waals surface area contributed by atoms with Crippen molar-refractivity contribution in [1.29, 1.82) is 0 Å². The molecule has 74 valence electrons. The van der Waals surface area contributed by atoms with E-state index in [1.165, 1.54) is 6.42 Å². The van der Waals surface area contributed by atoms with Crippen molar-refractivity contribution in [3.63, 3.8) is 0 Å². The lowest BCUT2D eigenvalue weighted by Gasteiger charge is -2.09. The summed E-state index contributed by atoms with van der Waals surface area (Å²) in [6.07, 6.45) is 4.88. The van der Waals surface area contributed by atoms with E-state index in [0.717, 1.165) is 17.7 Å². The highest BCUT2D eigenvalue weighted by Crippen LogP contribution is 2.12. The molecular formula is C11H15N3. The summed E-state index contributed by atoms with van der Waals surface area (Å²) in [6.45, 7) is 5.45. The van der Waals surface area contributed by atoms with Crippen LogP contribution in [0.4, 0.5) is 0 Å². The molecule has 3 heteroatoms. The molecule has 0 aliphatic heterocycles. The molecule has 0 saturated heterocycles. The van der Waals surface area contributed by atoms with Crippen LogP contribution < -0.4 is 0 Å². The zero-order chi connectivity index (χ0) is 9.97. The lowest BCUT2D eigenvalue weighted by molar-refractivity contribution is 0.474. The van der Waals surface area contributed by atoms with Gasteiger partial charge in [-0.1, -0.05) is 20.3 Å². The maximum atomic E-state index is 4.33. The highest BCUT2D eigenvalue weighted by atomic mass is 15.1. The first-order valence-corrected chi connectivity index (χ1v) is 5.07. The van der Waals surface area contributed by atoms with Crippen molar-refractivity contribution in [1.82, 2.24) is 14.5 Å². The van der Waals surface area contributed by atoms with Gasteiger partial charge >= 0.3 is 0 Å². The molecule has 14 heavy (non-hydrogen) atoms. The van der Waals surface area contributed by atoms with Crippen LogP contribution in [-0.4, -0.2) is 14.5 Å². The summed E-state index contributed by atoms with van der Waals surface area (Å²) in [4.78, 5) is 8.64. The number of hydrogen-bond acceptors (Lipinski definition) is 2. The third-order valence-electron chi connectivity index (χ3n) is 2.58. The minimum atomic E-state index is 0.675. The van der Waals surface area contributed by atoms with Gasteiger partial charge in [-0.05, 0) is 18.1 Å². The molecule has 2 heterocycles. The Morgan fingerprint density at radius 2 is 2.29 bits per heavy atom. The number of nitrogens with zero attached hydrogens (tertiary/aromatic N) is 3.